The number of hydrogen-bond donors (Lipinski definition) is 0. The van der Waals surface area contributed by atoms with Crippen LogP contribution in [0.15, 0.2) is 24.3 Å². The molecule has 0 aliphatic carbocycles. The molecule has 0 radical (unpaired) electrons. The van der Waals surface area contributed by atoms with Crippen LogP contribution in [0.4, 0.5) is 0 Å². The number of halogens is 1. The van der Waals surface area contributed by atoms with E-state index in [1.54, 1.807) is 0 Å². The van der Waals surface area contributed by atoms with Crippen LogP contribution >= 0.6 is 22.6 Å². The molecule has 4 unspecified atom stereocenters. The summed E-state index contributed by atoms with van der Waals surface area (Å²) in [6.45, 7) is 6.18. The van der Waals surface area contributed by atoms with Gasteiger partial charge in [0.2, 0.25) is 0 Å². The molecule has 0 spiro atoms. The maximum absolute atomic E-state index is 12.4. The lowest BCUT2D eigenvalue weighted by atomic mass is 9.84. The summed E-state index contributed by atoms with van der Waals surface area (Å²) < 4.78 is 6.94. The smallest absolute Gasteiger partial charge is 0.143 e. The number of ketones is 1. The third-order valence-electron chi connectivity index (χ3n) is 3.91. The molecule has 0 saturated carbocycles. The van der Waals surface area contributed by atoms with Gasteiger partial charge >= 0.3 is 0 Å². The highest BCUT2D eigenvalue weighted by molar-refractivity contribution is 14.1. The van der Waals surface area contributed by atoms with Crippen LogP contribution in [-0.4, -0.2) is 18.0 Å². The van der Waals surface area contributed by atoms with Gasteiger partial charge in [0.05, 0.1) is 12.2 Å². The molecule has 3 heteroatoms. The predicted octanol–water partition coefficient (Wildman–Crippen LogP) is 3.46. The van der Waals surface area contributed by atoms with Crippen molar-refractivity contribution in [3.05, 3.63) is 33.4 Å². The Morgan fingerprint density at radius 3 is 2.28 bits per heavy atom. The first-order chi connectivity index (χ1) is 8.49. The fourth-order valence-corrected chi connectivity index (χ4v) is 3.10. The van der Waals surface area contributed by atoms with Gasteiger partial charge in [0.1, 0.15) is 5.78 Å². The normalized spacial score (nSPS) is 31.6. The van der Waals surface area contributed by atoms with Crippen LogP contribution in [0.3, 0.4) is 0 Å². The second kappa shape index (κ2) is 5.70. The van der Waals surface area contributed by atoms with Crippen molar-refractivity contribution >= 4 is 28.4 Å². The molecule has 1 fully saturated rings. The average Bonchev–Trinajstić information content (AvgIpc) is 2.56. The van der Waals surface area contributed by atoms with Gasteiger partial charge in [0, 0.05) is 15.9 Å². The molecule has 1 saturated heterocycles. The van der Waals surface area contributed by atoms with Gasteiger partial charge in [-0.3, -0.25) is 4.79 Å². The molecular weight excluding hydrogens is 339 g/mol. The van der Waals surface area contributed by atoms with Crippen molar-refractivity contribution in [3.63, 3.8) is 0 Å². The van der Waals surface area contributed by atoms with E-state index in [9.17, 15) is 4.79 Å². The molecule has 1 heterocycles. The van der Waals surface area contributed by atoms with Crippen molar-refractivity contribution in [3.8, 4) is 0 Å². The molecule has 1 aliphatic heterocycles. The third-order valence-corrected chi connectivity index (χ3v) is 4.62. The summed E-state index contributed by atoms with van der Waals surface area (Å²) in [7, 11) is 0. The SMILES string of the molecule is CC1OC(C)C(C(=O)Cc2ccc(I)cc2)C1C. The number of carbonyl (C=O) groups is 1. The highest BCUT2D eigenvalue weighted by Gasteiger charge is 2.40. The molecular formula is C15H19IO2. The minimum atomic E-state index is 0.0410. The second-order valence-electron chi connectivity index (χ2n) is 5.20. The van der Waals surface area contributed by atoms with E-state index < -0.39 is 0 Å². The Bertz CT molecular complexity index is 427. The number of benzene rings is 1. The summed E-state index contributed by atoms with van der Waals surface area (Å²) in [5.41, 5.74) is 1.10. The first kappa shape index (κ1) is 14.0. The van der Waals surface area contributed by atoms with E-state index in [1.165, 1.54) is 3.57 Å². The largest absolute Gasteiger partial charge is 0.375 e. The van der Waals surface area contributed by atoms with Gasteiger partial charge < -0.3 is 4.74 Å². The number of ether oxygens (including phenoxy) is 1. The quantitative estimate of drug-likeness (QED) is 0.774. The summed E-state index contributed by atoms with van der Waals surface area (Å²) in [5.74, 6) is 0.663. The maximum atomic E-state index is 12.4. The van der Waals surface area contributed by atoms with Crippen molar-refractivity contribution < 1.29 is 9.53 Å². The number of carbonyl (C=O) groups excluding carboxylic acids is 1. The van der Waals surface area contributed by atoms with Crippen molar-refractivity contribution in [2.75, 3.05) is 0 Å². The van der Waals surface area contributed by atoms with Gasteiger partial charge in [-0.05, 0) is 60.1 Å². The molecule has 1 aliphatic rings. The van der Waals surface area contributed by atoms with Gasteiger partial charge in [-0.15, -0.1) is 0 Å². The second-order valence-corrected chi connectivity index (χ2v) is 6.45. The molecule has 18 heavy (non-hydrogen) atoms. The van der Waals surface area contributed by atoms with E-state index in [-0.39, 0.29) is 18.1 Å². The van der Waals surface area contributed by atoms with Crippen molar-refractivity contribution in [2.45, 2.75) is 39.4 Å². The molecule has 98 valence electrons. The van der Waals surface area contributed by atoms with Gasteiger partial charge in [-0.25, -0.2) is 0 Å². The third kappa shape index (κ3) is 2.94. The van der Waals surface area contributed by atoms with Crippen molar-refractivity contribution in [2.24, 2.45) is 11.8 Å². The molecule has 0 aromatic heterocycles. The first-order valence-corrected chi connectivity index (χ1v) is 7.49. The lowest BCUT2D eigenvalue weighted by molar-refractivity contribution is -0.124. The Kier molecular flexibility index (Phi) is 4.43. The molecule has 2 rings (SSSR count). The van der Waals surface area contributed by atoms with E-state index in [0.717, 1.165) is 5.56 Å². The van der Waals surface area contributed by atoms with Crippen molar-refractivity contribution in [1.29, 1.82) is 0 Å². The Labute approximate surface area is 122 Å². The monoisotopic (exact) mass is 358 g/mol. The summed E-state index contributed by atoms with van der Waals surface area (Å²) in [4.78, 5) is 12.4. The Morgan fingerprint density at radius 1 is 1.17 bits per heavy atom. The van der Waals surface area contributed by atoms with E-state index >= 15 is 0 Å². The zero-order valence-corrected chi connectivity index (χ0v) is 13.2. The molecule has 1 aromatic carbocycles. The van der Waals surface area contributed by atoms with Crippen LogP contribution < -0.4 is 0 Å². The highest BCUT2D eigenvalue weighted by atomic mass is 127. The van der Waals surface area contributed by atoms with Gasteiger partial charge in [0.25, 0.3) is 0 Å². The van der Waals surface area contributed by atoms with E-state index in [4.69, 9.17) is 4.74 Å². The van der Waals surface area contributed by atoms with Crippen molar-refractivity contribution in [1.82, 2.24) is 0 Å². The van der Waals surface area contributed by atoms with Crippen LogP contribution in [0.5, 0.6) is 0 Å². The first-order valence-electron chi connectivity index (χ1n) is 6.41. The number of rotatable bonds is 3. The van der Waals surface area contributed by atoms with Gasteiger partial charge in [-0.2, -0.15) is 0 Å². The molecule has 0 N–H and O–H groups in total. The Morgan fingerprint density at radius 2 is 1.78 bits per heavy atom. The fourth-order valence-electron chi connectivity index (χ4n) is 2.74. The average molecular weight is 358 g/mol. The maximum Gasteiger partial charge on any atom is 0.143 e. The molecule has 0 amide bonds. The van der Waals surface area contributed by atoms with Crippen LogP contribution in [0.25, 0.3) is 0 Å². The summed E-state index contributed by atoms with van der Waals surface area (Å²) in [5, 5.41) is 0. The predicted molar refractivity (Wildman–Crippen MR) is 80.5 cm³/mol. The zero-order chi connectivity index (χ0) is 13.3. The van der Waals surface area contributed by atoms with E-state index in [0.29, 0.717) is 18.1 Å². The summed E-state index contributed by atoms with van der Waals surface area (Å²) in [6, 6.07) is 8.16. The van der Waals surface area contributed by atoms with E-state index in [2.05, 4.69) is 36.4 Å². The standard InChI is InChI=1S/C15H19IO2/c1-9-10(2)18-11(3)15(9)14(17)8-12-4-6-13(16)7-5-12/h4-7,9-11,15H,8H2,1-3H3. The molecule has 1 aromatic rings. The molecule has 4 atom stereocenters. The minimum Gasteiger partial charge on any atom is -0.375 e. The topological polar surface area (TPSA) is 26.3 Å². The van der Waals surface area contributed by atoms with Gasteiger partial charge in [0.15, 0.2) is 0 Å². The Hall–Kier alpha value is -0.420. The highest BCUT2D eigenvalue weighted by Crippen LogP contribution is 2.33. The summed E-state index contributed by atoms with van der Waals surface area (Å²) >= 11 is 2.27. The van der Waals surface area contributed by atoms with Crippen LogP contribution in [0.2, 0.25) is 0 Å². The lowest BCUT2D eigenvalue weighted by Gasteiger charge is -2.17. The minimum absolute atomic E-state index is 0.0410. The number of Topliss-reactive ketones (excluding diaryl/α,β-unsaturated/α-hetero) is 1. The number of hydrogen-bond acceptors (Lipinski definition) is 2. The zero-order valence-electron chi connectivity index (χ0n) is 11.0. The molecule has 2 nitrogen and oxygen atoms in total. The molecule has 0 bridgehead atoms. The van der Waals surface area contributed by atoms with Crippen LogP contribution in [-0.2, 0) is 16.0 Å². The lowest BCUT2D eigenvalue weighted by Crippen LogP contribution is -2.28. The van der Waals surface area contributed by atoms with E-state index in [1.807, 2.05) is 31.2 Å². The summed E-state index contributed by atoms with van der Waals surface area (Å²) in [6.07, 6.45) is 0.754. The van der Waals surface area contributed by atoms with Gasteiger partial charge in [-0.1, -0.05) is 19.1 Å². The Balaban J connectivity index is 2.06. The fraction of sp³-hybridized carbons (Fsp3) is 0.533. The van der Waals surface area contributed by atoms with Crippen LogP contribution in [0, 0.1) is 15.4 Å². The van der Waals surface area contributed by atoms with Crippen LogP contribution in [0.1, 0.15) is 26.3 Å².